The van der Waals surface area contributed by atoms with Crippen molar-refractivity contribution >= 4 is 27.3 Å². The number of hydrogen-bond donors (Lipinski definition) is 1. The van der Waals surface area contributed by atoms with Gasteiger partial charge in [-0.1, -0.05) is 0 Å². The van der Waals surface area contributed by atoms with Gasteiger partial charge in [0.25, 0.3) is 0 Å². The Bertz CT molecular complexity index is 531. The second-order valence-electron chi connectivity index (χ2n) is 3.78. The van der Waals surface area contributed by atoms with Crippen LogP contribution in [0.3, 0.4) is 0 Å². The number of nitrogens with one attached hydrogen (secondary N) is 1. The van der Waals surface area contributed by atoms with Crippen molar-refractivity contribution in [2.75, 3.05) is 7.05 Å². The molecule has 1 heterocycles. The highest BCUT2D eigenvalue weighted by Crippen LogP contribution is 2.26. The second kappa shape index (κ2) is 5.86. The fraction of sp³-hybridized carbons (Fsp3) is 0.250. The Balaban J connectivity index is 2.30. The highest BCUT2D eigenvalue weighted by atomic mass is 79.9. The molecule has 0 aliphatic carbocycles. The molecule has 1 N–H and O–H groups in total. The van der Waals surface area contributed by atoms with E-state index in [1.165, 1.54) is 23.5 Å². The molecule has 18 heavy (non-hydrogen) atoms. The van der Waals surface area contributed by atoms with Crippen LogP contribution in [0.15, 0.2) is 27.5 Å². The Hall–Kier alpha value is -0.850. The molecule has 1 unspecified atom stereocenters. The number of hydrogen-bond acceptors (Lipinski definition) is 3. The number of likely N-dealkylation sites (N-methyl/N-ethyl adjacent to an activating group) is 1. The van der Waals surface area contributed by atoms with Crippen LogP contribution < -0.4 is 5.32 Å². The Morgan fingerprint density at radius 3 is 2.83 bits per heavy atom. The number of halogens is 3. The minimum atomic E-state index is -0.550. The largest absolute Gasteiger partial charge is 0.311 e. The summed E-state index contributed by atoms with van der Waals surface area (Å²) in [5.74, 6) is -1.09. The zero-order valence-electron chi connectivity index (χ0n) is 9.58. The lowest BCUT2D eigenvalue weighted by Crippen LogP contribution is -2.20. The van der Waals surface area contributed by atoms with Gasteiger partial charge in [0.15, 0.2) is 0 Å². The van der Waals surface area contributed by atoms with E-state index in [4.69, 9.17) is 0 Å². The van der Waals surface area contributed by atoms with Crippen LogP contribution in [0.5, 0.6) is 0 Å². The van der Waals surface area contributed by atoms with Gasteiger partial charge in [-0.2, -0.15) is 0 Å². The van der Waals surface area contributed by atoms with Gasteiger partial charge in [-0.15, -0.1) is 11.3 Å². The Morgan fingerprint density at radius 1 is 1.44 bits per heavy atom. The molecule has 0 saturated carbocycles. The predicted molar refractivity (Wildman–Crippen MR) is 71.7 cm³/mol. The van der Waals surface area contributed by atoms with E-state index >= 15 is 0 Å². The van der Waals surface area contributed by atoms with Crippen molar-refractivity contribution in [3.8, 4) is 0 Å². The third-order valence-corrected chi connectivity index (χ3v) is 3.92. The van der Waals surface area contributed by atoms with E-state index in [1.807, 2.05) is 5.38 Å². The zero-order valence-corrected chi connectivity index (χ0v) is 12.0. The van der Waals surface area contributed by atoms with Gasteiger partial charge in [-0.25, -0.2) is 13.8 Å². The third kappa shape index (κ3) is 2.76. The number of benzene rings is 1. The van der Waals surface area contributed by atoms with Crippen molar-refractivity contribution in [3.63, 3.8) is 0 Å². The van der Waals surface area contributed by atoms with Gasteiger partial charge in [0, 0.05) is 10.9 Å². The van der Waals surface area contributed by atoms with Gasteiger partial charge < -0.3 is 5.32 Å². The normalized spacial score (nSPS) is 12.7. The van der Waals surface area contributed by atoms with E-state index in [0.717, 1.165) is 5.69 Å². The van der Waals surface area contributed by atoms with Crippen LogP contribution in [0, 0.1) is 11.6 Å². The molecule has 0 aliphatic rings. The summed E-state index contributed by atoms with van der Waals surface area (Å²) in [6.45, 7) is 0. The van der Waals surface area contributed by atoms with Gasteiger partial charge in [0.1, 0.15) is 11.6 Å². The van der Waals surface area contributed by atoms with Gasteiger partial charge >= 0.3 is 0 Å². The number of rotatable bonds is 4. The van der Waals surface area contributed by atoms with Gasteiger partial charge in [0.2, 0.25) is 0 Å². The van der Waals surface area contributed by atoms with E-state index < -0.39 is 11.6 Å². The molecule has 6 heteroatoms. The zero-order chi connectivity index (χ0) is 13.1. The van der Waals surface area contributed by atoms with E-state index in [9.17, 15) is 8.78 Å². The molecule has 0 amide bonds. The molecular weight excluding hydrogens is 322 g/mol. The first-order valence-electron chi connectivity index (χ1n) is 5.31. The van der Waals surface area contributed by atoms with Crippen LogP contribution in [-0.2, 0) is 6.42 Å². The SMILES string of the molecule is CNC(Cc1c(F)ccc(Br)c1F)c1cscn1. The average molecular weight is 333 g/mol. The van der Waals surface area contributed by atoms with E-state index in [1.54, 1.807) is 12.6 Å². The highest BCUT2D eigenvalue weighted by Gasteiger charge is 2.19. The van der Waals surface area contributed by atoms with Crippen molar-refractivity contribution in [2.45, 2.75) is 12.5 Å². The van der Waals surface area contributed by atoms with Crippen molar-refractivity contribution < 1.29 is 8.78 Å². The van der Waals surface area contributed by atoms with E-state index in [0.29, 0.717) is 0 Å². The Morgan fingerprint density at radius 2 is 2.22 bits per heavy atom. The van der Waals surface area contributed by atoms with Gasteiger partial charge in [-0.3, -0.25) is 0 Å². The fourth-order valence-corrected chi connectivity index (χ4v) is 2.69. The Kier molecular flexibility index (Phi) is 4.42. The summed E-state index contributed by atoms with van der Waals surface area (Å²) < 4.78 is 27.8. The van der Waals surface area contributed by atoms with Gasteiger partial charge in [0.05, 0.1) is 21.7 Å². The standard InChI is InChI=1S/C12H11BrF2N2S/c1-16-10(11-5-18-6-17-11)4-7-9(14)3-2-8(13)12(7)15/h2-3,5-6,10,16H,4H2,1H3. The van der Waals surface area contributed by atoms with Gasteiger partial charge in [-0.05, 0) is 41.5 Å². The van der Waals surface area contributed by atoms with Crippen LogP contribution >= 0.6 is 27.3 Å². The molecule has 1 aromatic carbocycles. The molecule has 1 aromatic heterocycles. The molecule has 2 rings (SSSR count). The smallest absolute Gasteiger partial charge is 0.143 e. The summed E-state index contributed by atoms with van der Waals surface area (Å²) in [4.78, 5) is 4.16. The molecule has 0 radical (unpaired) electrons. The monoisotopic (exact) mass is 332 g/mol. The number of thiazole rings is 1. The van der Waals surface area contributed by atoms with E-state index in [2.05, 4.69) is 26.2 Å². The first-order chi connectivity index (χ1) is 8.63. The molecule has 0 fully saturated rings. The molecule has 0 bridgehead atoms. The van der Waals surface area contributed by atoms with Crippen LogP contribution in [0.4, 0.5) is 8.78 Å². The summed E-state index contributed by atoms with van der Waals surface area (Å²) in [6.07, 6.45) is 0.220. The molecule has 2 aromatic rings. The first-order valence-corrected chi connectivity index (χ1v) is 7.04. The highest BCUT2D eigenvalue weighted by molar-refractivity contribution is 9.10. The first kappa shape index (κ1) is 13.6. The minimum absolute atomic E-state index is 0.0664. The number of nitrogens with zero attached hydrogens (tertiary/aromatic N) is 1. The lowest BCUT2D eigenvalue weighted by atomic mass is 10.0. The van der Waals surface area contributed by atoms with Crippen LogP contribution in [0.2, 0.25) is 0 Å². The summed E-state index contributed by atoms with van der Waals surface area (Å²) in [5, 5.41) is 4.89. The maximum Gasteiger partial charge on any atom is 0.143 e. The molecule has 2 nitrogen and oxygen atoms in total. The van der Waals surface area contributed by atoms with Crippen LogP contribution in [-0.4, -0.2) is 12.0 Å². The molecule has 0 saturated heterocycles. The molecule has 1 atom stereocenters. The quantitative estimate of drug-likeness (QED) is 0.864. The summed E-state index contributed by atoms with van der Waals surface area (Å²) in [7, 11) is 1.75. The van der Waals surface area contributed by atoms with Crippen LogP contribution in [0.25, 0.3) is 0 Å². The van der Waals surface area contributed by atoms with Crippen molar-refractivity contribution in [3.05, 3.63) is 50.4 Å². The van der Waals surface area contributed by atoms with E-state index in [-0.39, 0.29) is 22.5 Å². The maximum absolute atomic E-state index is 13.9. The molecule has 96 valence electrons. The average Bonchev–Trinajstić information content (AvgIpc) is 2.88. The molecular formula is C12H11BrF2N2S. The minimum Gasteiger partial charge on any atom is -0.311 e. The van der Waals surface area contributed by atoms with Crippen molar-refractivity contribution in [2.24, 2.45) is 0 Å². The molecule has 0 spiro atoms. The fourth-order valence-electron chi connectivity index (χ4n) is 1.71. The number of aromatic nitrogens is 1. The summed E-state index contributed by atoms with van der Waals surface area (Å²) in [5.41, 5.74) is 2.56. The lowest BCUT2D eigenvalue weighted by Gasteiger charge is -2.15. The summed E-state index contributed by atoms with van der Waals surface area (Å²) in [6, 6.07) is 2.43. The predicted octanol–water partition coefficient (Wildman–Crippen LogP) is 3.69. The Labute approximate surface area is 116 Å². The summed E-state index contributed by atoms with van der Waals surface area (Å²) >= 11 is 4.52. The van der Waals surface area contributed by atoms with Crippen molar-refractivity contribution in [1.82, 2.24) is 10.3 Å². The topological polar surface area (TPSA) is 24.9 Å². The lowest BCUT2D eigenvalue weighted by molar-refractivity contribution is 0.508. The van der Waals surface area contributed by atoms with Crippen LogP contribution in [0.1, 0.15) is 17.3 Å². The second-order valence-corrected chi connectivity index (χ2v) is 5.35. The third-order valence-electron chi connectivity index (χ3n) is 2.70. The molecule has 0 aliphatic heterocycles. The maximum atomic E-state index is 13.9. The van der Waals surface area contributed by atoms with Crippen molar-refractivity contribution in [1.29, 1.82) is 0 Å².